The summed E-state index contributed by atoms with van der Waals surface area (Å²) in [6.07, 6.45) is 0.334. The van der Waals surface area contributed by atoms with Crippen molar-refractivity contribution in [2.24, 2.45) is 11.5 Å². The van der Waals surface area contributed by atoms with E-state index in [2.05, 4.69) is 27.0 Å². The highest BCUT2D eigenvalue weighted by Gasteiger charge is 2.35. The number of hydrogen-bond donors (Lipinski definition) is 2. The quantitative estimate of drug-likeness (QED) is 0.759. The Hall–Kier alpha value is -2.22. The van der Waals surface area contributed by atoms with Gasteiger partial charge >= 0.3 is 12.2 Å². The molecule has 1 unspecified atom stereocenters. The van der Waals surface area contributed by atoms with E-state index in [0.29, 0.717) is 5.75 Å². The summed E-state index contributed by atoms with van der Waals surface area (Å²) in [6.45, 7) is 9.80. The lowest BCUT2D eigenvalue weighted by molar-refractivity contribution is 0.00876. The second-order valence-electron chi connectivity index (χ2n) is 7.38. The first-order valence-electron chi connectivity index (χ1n) is 8.12. The van der Waals surface area contributed by atoms with Gasteiger partial charge in [-0.1, -0.05) is 13.8 Å². The third kappa shape index (κ3) is 3.95. The first-order valence-corrected chi connectivity index (χ1v) is 9.75. The van der Waals surface area contributed by atoms with Crippen LogP contribution in [0.4, 0.5) is 9.59 Å². The fourth-order valence-electron chi connectivity index (χ4n) is 2.87. The number of carbonyl (C=O) groups excluding carboxylic acids is 2. The Kier molecular flexibility index (Phi) is 5.28. The van der Waals surface area contributed by atoms with Crippen LogP contribution in [0.3, 0.4) is 0 Å². The Bertz CT molecular complexity index is 799. The third-order valence-corrected chi connectivity index (χ3v) is 6.98. The molecule has 2 amide bonds. The van der Waals surface area contributed by atoms with Crippen molar-refractivity contribution >= 4 is 27.5 Å². The van der Waals surface area contributed by atoms with E-state index in [1.165, 1.54) is 4.86 Å². The summed E-state index contributed by atoms with van der Waals surface area (Å²) in [5, 5.41) is 0. The van der Waals surface area contributed by atoms with Crippen LogP contribution in [-0.4, -0.2) is 35.5 Å². The number of hydrogen-bond acceptors (Lipinski definition) is 5. The molecule has 1 atom stereocenters. The zero-order valence-electron chi connectivity index (χ0n) is 16.0. The maximum atomic E-state index is 11.3. The average Bonchev–Trinajstić information content (AvgIpc) is 2.64. The molecule has 26 heavy (non-hydrogen) atoms. The lowest BCUT2D eigenvalue weighted by atomic mass is 9.82. The topological polar surface area (TPSA) is 114 Å². The van der Waals surface area contributed by atoms with Crippen molar-refractivity contribution in [3.8, 4) is 11.5 Å². The summed E-state index contributed by atoms with van der Waals surface area (Å²) in [6, 6.07) is 3.67. The van der Waals surface area contributed by atoms with Crippen molar-refractivity contribution < 1.29 is 23.8 Å². The van der Waals surface area contributed by atoms with Gasteiger partial charge in [0, 0.05) is 10.3 Å². The molecule has 0 radical (unpaired) electrons. The van der Waals surface area contributed by atoms with Crippen LogP contribution in [0.5, 0.6) is 11.5 Å². The molecule has 2 rings (SSSR count). The number of benzene rings is 1. The van der Waals surface area contributed by atoms with E-state index >= 15 is 0 Å². The van der Waals surface area contributed by atoms with Crippen LogP contribution in [0.15, 0.2) is 17.0 Å². The Morgan fingerprint density at radius 3 is 2.31 bits per heavy atom. The number of nitrogens with two attached hydrogens (primary N) is 2. The third-order valence-electron chi connectivity index (χ3n) is 4.55. The Morgan fingerprint density at radius 1 is 1.15 bits per heavy atom. The van der Waals surface area contributed by atoms with Crippen molar-refractivity contribution in [2.75, 3.05) is 12.9 Å². The highest BCUT2D eigenvalue weighted by atomic mass is 32.2. The molecule has 144 valence electrons. The summed E-state index contributed by atoms with van der Waals surface area (Å²) < 4.78 is 16.0. The Labute approximate surface area is 155 Å². The van der Waals surface area contributed by atoms with Gasteiger partial charge in [0.1, 0.15) is 12.2 Å². The largest absolute Gasteiger partial charge is 0.486 e. The SMILES string of the molecule is CC1=S(C)c2cc(OC(N)=O)c(OCC(C)(C)OC(N)=O)cc2C1(C)C. The summed E-state index contributed by atoms with van der Waals surface area (Å²) in [7, 11) is -0.0811. The second-order valence-corrected chi connectivity index (χ2v) is 9.45. The molecule has 0 spiro atoms. The van der Waals surface area contributed by atoms with Gasteiger partial charge in [0.2, 0.25) is 0 Å². The van der Waals surface area contributed by atoms with Gasteiger partial charge in [-0.3, -0.25) is 0 Å². The lowest BCUT2D eigenvalue weighted by Crippen LogP contribution is -2.37. The van der Waals surface area contributed by atoms with E-state index in [1.54, 1.807) is 19.9 Å². The van der Waals surface area contributed by atoms with E-state index in [4.69, 9.17) is 25.7 Å². The van der Waals surface area contributed by atoms with E-state index in [1.807, 2.05) is 6.07 Å². The maximum absolute atomic E-state index is 11.3. The minimum Gasteiger partial charge on any atom is -0.486 e. The number of rotatable bonds is 5. The molecule has 1 aliphatic rings. The number of ether oxygens (including phenoxy) is 3. The van der Waals surface area contributed by atoms with Gasteiger partial charge in [-0.15, -0.1) is 0 Å². The van der Waals surface area contributed by atoms with Gasteiger partial charge in [-0.2, -0.15) is 10.5 Å². The van der Waals surface area contributed by atoms with Gasteiger partial charge in [-0.05, 0) is 49.6 Å². The van der Waals surface area contributed by atoms with Crippen LogP contribution < -0.4 is 20.9 Å². The zero-order valence-corrected chi connectivity index (χ0v) is 16.8. The highest BCUT2D eigenvalue weighted by Crippen LogP contribution is 2.50. The number of fused-ring (bicyclic) bond motifs is 1. The number of amides is 2. The normalized spacial score (nSPS) is 18.2. The molecule has 7 nitrogen and oxygen atoms in total. The van der Waals surface area contributed by atoms with Gasteiger partial charge in [-0.25, -0.2) is 9.59 Å². The van der Waals surface area contributed by atoms with Gasteiger partial charge in [0.05, 0.1) is 0 Å². The fraction of sp³-hybridized carbons (Fsp3) is 0.500. The lowest BCUT2D eigenvalue weighted by Gasteiger charge is -2.26. The zero-order chi connectivity index (χ0) is 19.9. The molecule has 1 aliphatic heterocycles. The van der Waals surface area contributed by atoms with Crippen LogP contribution in [0.2, 0.25) is 0 Å². The predicted molar refractivity (Wildman–Crippen MR) is 102 cm³/mol. The molecule has 1 aromatic rings. The van der Waals surface area contributed by atoms with E-state index in [0.717, 1.165) is 10.5 Å². The van der Waals surface area contributed by atoms with Crippen molar-refractivity contribution in [1.82, 2.24) is 0 Å². The first-order chi connectivity index (χ1) is 11.8. The smallest absolute Gasteiger partial charge is 0.410 e. The molecular weight excluding hydrogens is 356 g/mol. The minimum atomic E-state index is -0.943. The molecule has 0 saturated carbocycles. The molecule has 1 aromatic carbocycles. The Balaban J connectivity index is 2.42. The Morgan fingerprint density at radius 2 is 1.77 bits per heavy atom. The molecule has 1 heterocycles. The average molecular weight is 382 g/mol. The maximum Gasteiger partial charge on any atom is 0.410 e. The molecular formula is C18H26N2O5S. The van der Waals surface area contributed by atoms with Crippen molar-refractivity contribution in [3.63, 3.8) is 0 Å². The molecule has 0 fully saturated rings. The molecule has 0 saturated heterocycles. The fourth-order valence-corrected chi connectivity index (χ4v) is 5.01. The van der Waals surface area contributed by atoms with Gasteiger partial charge in [0.15, 0.2) is 11.5 Å². The summed E-state index contributed by atoms with van der Waals surface area (Å²) in [4.78, 5) is 24.7. The van der Waals surface area contributed by atoms with Gasteiger partial charge in [0.25, 0.3) is 0 Å². The number of carbonyl (C=O) groups is 2. The van der Waals surface area contributed by atoms with E-state index in [-0.39, 0.29) is 28.3 Å². The minimum absolute atomic E-state index is 0.0326. The first kappa shape index (κ1) is 20.1. The molecule has 0 aromatic heterocycles. The molecule has 4 N–H and O–H groups in total. The van der Waals surface area contributed by atoms with Crippen molar-refractivity contribution in [3.05, 3.63) is 17.7 Å². The summed E-state index contributed by atoms with van der Waals surface area (Å²) >= 11 is 0. The van der Waals surface area contributed by atoms with E-state index < -0.39 is 17.8 Å². The molecule has 0 bridgehead atoms. The van der Waals surface area contributed by atoms with Crippen LogP contribution >= 0.6 is 10.5 Å². The number of primary amides is 2. The predicted octanol–water partition coefficient (Wildman–Crippen LogP) is 3.14. The van der Waals surface area contributed by atoms with E-state index in [9.17, 15) is 9.59 Å². The van der Waals surface area contributed by atoms with Crippen molar-refractivity contribution in [1.29, 1.82) is 0 Å². The van der Waals surface area contributed by atoms with Crippen LogP contribution in [0, 0.1) is 0 Å². The highest BCUT2D eigenvalue weighted by molar-refractivity contribution is 8.15. The second kappa shape index (κ2) is 6.83. The van der Waals surface area contributed by atoms with Crippen LogP contribution in [-0.2, 0) is 10.2 Å². The van der Waals surface area contributed by atoms with Crippen molar-refractivity contribution in [2.45, 2.75) is 50.5 Å². The standard InChI is InChI=1S/C18H26N2O5S/c1-10-18(4,5)11-7-12(23-9-17(2,3)25-16(20)22)13(24-15(19)21)8-14(11)26(10)6/h7-8H,9H2,1-6H3,(H2,19,21)(H2,20,22). The molecule has 0 aliphatic carbocycles. The van der Waals surface area contributed by atoms with Crippen LogP contribution in [0.25, 0.3) is 0 Å². The molecule has 8 heteroatoms. The van der Waals surface area contributed by atoms with Crippen LogP contribution in [0.1, 0.15) is 40.2 Å². The monoisotopic (exact) mass is 382 g/mol. The summed E-state index contributed by atoms with van der Waals surface area (Å²) in [5.74, 6) is 0.611. The summed E-state index contributed by atoms with van der Waals surface area (Å²) in [5.41, 5.74) is 10.3. The van der Waals surface area contributed by atoms with Gasteiger partial charge < -0.3 is 25.7 Å².